The lowest BCUT2D eigenvalue weighted by Gasteiger charge is -2.26. The predicted octanol–water partition coefficient (Wildman–Crippen LogP) is 3.64. The molecule has 1 aromatic carbocycles. The summed E-state index contributed by atoms with van der Waals surface area (Å²) in [5, 5.41) is 14.1. The zero-order valence-electron chi connectivity index (χ0n) is 10.4. The van der Waals surface area contributed by atoms with Crippen LogP contribution in [0, 0.1) is 5.41 Å². The summed E-state index contributed by atoms with van der Waals surface area (Å²) in [7, 11) is 0. The second-order valence-corrected chi connectivity index (χ2v) is 5.97. The molecule has 1 aliphatic rings. The van der Waals surface area contributed by atoms with Gasteiger partial charge in [-0.25, -0.2) is 0 Å². The van der Waals surface area contributed by atoms with Crippen molar-refractivity contribution in [3.05, 3.63) is 33.8 Å². The highest BCUT2D eigenvalue weighted by Gasteiger charge is 2.32. The Bertz CT molecular complexity index is 403. The molecule has 2 nitrogen and oxygen atoms in total. The lowest BCUT2D eigenvalue weighted by atomic mass is 9.87. The fourth-order valence-corrected chi connectivity index (χ4v) is 3.05. The first-order chi connectivity index (χ1) is 8.67. The van der Waals surface area contributed by atoms with Crippen LogP contribution in [0.4, 0.5) is 0 Å². The van der Waals surface area contributed by atoms with Crippen LogP contribution in [-0.4, -0.2) is 18.3 Å². The SMILES string of the molecule is OCC1(CNCc2cccc(Cl)c2Cl)CCCC1. The van der Waals surface area contributed by atoms with Crippen molar-refractivity contribution in [3.63, 3.8) is 0 Å². The molecular formula is C14H19Cl2NO. The quantitative estimate of drug-likeness (QED) is 0.867. The molecule has 0 bridgehead atoms. The van der Waals surface area contributed by atoms with Gasteiger partial charge in [-0.1, -0.05) is 48.2 Å². The van der Waals surface area contributed by atoms with E-state index in [0.717, 1.165) is 24.9 Å². The van der Waals surface area contributed by atoms with Crippen molar-refractivity contribution in [2.75, 3.05) is 13.2 Å². The minimum atomic E-state index is 0.0745. The molecule has 0 aromatic heterocycles. The van der Waals surface area contributed by atoms with Crippen LogP contribution in [0.5, 0.6) is 0 Å². The van der Waals surface area contributed by atoms with Gasteiger partial charge >= 0.3 is 0 Å². The molecule has 1 aliphatic carbocycles. The van der Waals surface area contributed by atoms with Gasteiger partial charge in [0.05, 0.1) is 10.0 Å². The molecule has 100 valence electrons. The summed E-state index contributed by atoms with van der Waals surface area (Å²) in [4.78, 5) is 0. The average Bonchev–Trinajstić information content (AvgIpc) is 2.84. The van der Waals surface area contributed by atoms with Crippen molar-refractivity contribution in [2.24, 2.45) is 5.41 Å². The second kappa shape index (κ2) is 6.25. The van der Waals surface area contributed by atoms with Crippen LogP contribution in [0.15, 0.2) is 18.2 Å². The van der Waals surface area contributed by atoms with E-state index in [4.69, 9.17) is 23.2 Å². The van der Waals surface area contributed by atoms with Crippen LogP contribution in [0.2, 0.25) is 10.0 Å². The van der Waals surface area contributed by atoms with E-state index in [1.165, 1.54) is 12.8 Å². The molecular weight excluding hydrogens is 269 g/mol. The second-order valence-electron chi connectivity index (χ2n) is 5.18. The van der Waals surface area contributed by atoms with Gasteiger partial charge in [0.2, 0.25) is 0 Å². The first kappa shape index (κ1) is 14.1. The molecule has 0 heterocycles. The molecule has 2 rings (SSSR count). The van der Waals surface area contributed by atoms with Gasteiger partial charge in [0.25, 0.3) is 0 Å². The minimum Gasteiger partial charge on any atom is -0.396 e. The van der Waals surface area contributed by atoms with E-state index >= 15 is 0 Å². The van der Waals surface area contributed by atoms with Crippen molar-refractivity contribution in [1.82, 2.24) is 5.32 Å². The summed E-state index contributed by atoms with van der Waals surface area (Å²) in [5.74, 6) is 0. The fraction of sp³-hybridized carbons (Fsp3) is 0.571. The van der Waals surface area contributed by atoms with E-state index < -0.39 is 0 Å². The normalized spacial score (nSPS) is 18.2. The number of halogens is 2. The van der Waals surface area contributed by atoms with Crippen LogP contribution in [0.1, 0.15) is 31.2 Å². The number of hydrogen-bond acceptors (Lipinski definition) is 2. The van der Waals surface area contributed by atoms with Crippen molar-refractivity contribution >= 4 is 23.2 Å². The Balaban J connectivity index is 1.90. The largest absolute Gasteiger partial charge is 0.396 e. The number of nitrogens with one attached hydrogen (secondary N) is 1. The average molecular weight is 288 g/mol. The summed E-state index contributed by atoms with van der Waals surface area (Å²) in [6.07, 6.45) is 4.67. The summed E-state index contributed by atoms with van der Waals surface area (Å²) < 4.78 is 0. The van der Waals surface area contributed by atoms with Crippen LogP contribution >= 0.6 is 23.2 Å². The highest BCUT2D eigenvalue weighted by Crippen LogP contribution is 2.37. The number of aliphatic hydroxyl groups excluding tert-OH is 1. The van der Waals surface area contributed by atoms with E-state index in [2.05, 4.69) is 5.32 Å². The Kier molecular flexibility index (Phi) is 4.91. The molecule has 1 aromatic rings. The molecule has 1 fully saturated rings. The zero-order valence-corrected chi connectivity index (χ0v) is 11.9. The predicted molar refractivity (Wildman–Crippen MR) is 76.2 cm³/mol. The van der Waals surface area contributed by atoms with Gasteiger partial charge in [-0.3, -0.25) is 0 Å². The Morgan fingerprint density at radius 3 is 2.61 bits per heavy atom. The molecule has 0 unspecified atom stereocenters. The molecule has 0 aliphatic heterocycles. The van der Waals surface area contributed by atoms with Crippen LogP contribution in [0.3, 0.4) is 0 Å². The Labute approximate surface area is 118 Å². The van der Waals surface area contributed by atoms with Crippen LogP contribution < -0.4 is 5.32 Å². The molecule has 4 heteroatoms. The first-order valence-corrected chi connectivity index (χ1v) is 7.17. The molecule has 1 saturated carbocycles. The van der Waals surface area contributed by atoms with Crippen molar-refractivity contribution in [3.8, 4) is 0 Å². The van der Waals surface area contributed by atoms with Gasteiger partial charge < -0.3 is 10.4 Å². The summed E-state index contributed by atoms with van der Waals surface area (Å²) in [6.45, 7) is 1.80. The highest BCUT2D eigenvalue weighted by molar-refractivity contribution is 6.42. The van der Waals surface area contributed by atoms with Crippen LogP contribution in [-0.2, 0) is 6.54 Å². The lowest BCUT2D eigenvalue weighted by Crippen LogP contribution is -2.34. The van der Waals surface area contributed by atoms with E-state index in [1.807, 2.05) is 12.1 Å². The number of rotatable bonds is 5. The molecule has 0 atom stereocenters. The Hall–Kier alpha value is -0.280. The Morgan fingerprint density at radius 2 is 1.94 bits per heavy atom. The van der Waals surface area contributed by atoms with Gasteiger partial charge in [-0.2, -0.15) is 0 Å². The van der Waals surface area contributed by atoms with Gasteiger partial charge in [-0.15, -0.1) is 0 Å². The molecule has 0 amide bonds. The Morgan fingerprint density at radius 1 is 1.22 bits per heavy atom. The van der Waals surface area contributed by atoms with E-state index in [9.17, 15) is 5.11 Å². The molecule has 2 N–H and O–H groups in total. The molecule has 0 saturated heterocycles. The third-order valence-corrected chi connectivity index (χ3v) is 4.70. The summed E-state index contributed by atoms with van der Waals surface area (Å²) >= 11 is 12.1. The van der Waals surface area contributed by atoms with Crippen molar-refractivity contribution in [2.45, 2.75) is 32.2 Å². The van der Waals surface area contributed by atoms with Crippen molar-refractivity contribution < 1.29 is 5.11 Å². The van der Waals surface area contributed by atoms with E-state index in [1.54, 1.807) is 6.07 Å². The number of aliphatic hydroxyl groups is 1. The van der Waals surface area contributed by atoms with E-state index in [0.29, 0.717) is 16.6 Å². The van der Waals surface area contributed by atoms with Crippen molar-refractivity contribution in [1.29, 1.82) is 0 Å². The van der Waals surface area contributed by atoms with Gasteiger partial charge in [0, 0.05) is 25.1 Å². The zero-order chi connectivity index (χ0) is 13.0. The lowest BCUT2D eigenvalue weighted by molar-refractivity contribution is 0.128. The standard InChI is InChI=1S/C14H19Cl2NO/c15-12-5-3-4-11(13(12)16)8-17-9-14(10-18)6-1-2-7-14/h3-5,17-18H,1-2,6-10H2. The highest BCUT2D eigenvalue weighted by atomic mass is 35.5. The summed E-state index contributed by atoms with van der Waals surface area (Å²) in [5.41, 5.74) is 1.08. The van der Waals surface area contributed by atoms with E-state index in [-0.39, 0.29) is 12.0 Å². The molecule has 18 heavy (non-hydrogen) atoms. The maximum Gasteiger partial charge on any atom is 0.0637 e. The maximum absolute atomic E-state index is 9.53. The molecule has 0 radical (unpaired) electrons. The maximum atomic E-state index is 9.53. The fourth-order valence-electron chi connectivity index (χ4n) is 2.66. The minimum absolute atomic E-state index is 0.0745. The monoisotopic (exact) mass is 287 g/mol. The molecule has 0 spiro atoms. The smallest absolute Gasteiger partial charge is 0.0637 e. The third-order valence-electron chi connectivity index (χ3n) is 3.85. The topological polar surface area (TPSA) is 32.3 Å². The van der Waals surface area contributed by atoms with Gasteiger partial charge in [0.15, 0.2) is 0 Å². The number of benzene rings is 1. The van der Waals surface area contributed by atoms with Gasteiger partial charge in [-0.05, 0) is 24.5 Å². The first-order valence-electron chi connectivity index (χ1n) is 6.41. The van der Waals surface area contributed by atoms with Crippen LogP contribution in [0.25, 0.3) is 0 Å². The third kappa shape index (κ3) is 3.18. The van der Waals surface area contributed by atoms with Gasteiger partial charge in [0.1, 0.15) is 0 Å². The number of hydrogen-bond donors (Lipinski definition) is 2. The summed E-state index contributed by atoms with van der Waals surface area (Å²) in [6, 6.07) is 5.67.